The van der Waals surface area contributed by atoms with Gasteiger partial charge in [-0.2, -0.15) is 0 Å². The molecular weight excluding hydrogens is 212 g/mol. The van der Waals surface area contributed by atoms with Gasteiger partial charge in [-0.3, -0.25) is 0 Å². The molecule has 1 aliphatic rings. The Morgan fingerprint density at radius 2 is 1.88 bits per heavy atom. The van der Waals surface area contributed by atoms with Gasteiger partial charge in [0, 0.05) is 6.54 Å². The van der Waals surface area contributed by atoms with E-state index in [4.69, 9.17) is 10.2 Å². The van der Waals surface area contributed by atoms with Crippen LogP contribution in [0.15, 0.2) is 0 Å². The Kier molecular flexibility index (Phi) is 5.04. The van der Waals surface area contributed by atoms with Gasteiger partial charge in [0.1, 0.15) is 0 Å². The molecule has 1 atom stereocenters. The molecule has 2 amide bonds. The maximum absolute atomic E-state index is 11.2. The smallest absolute Gasteiger partial charge is 0.334 e. The van der Waals surface area contributed by atoms with E-state index in [-0.39, 0.29) is 6.54 Å². The minimum atomic E-state index is -1.54. The molecule has 1 rings (SSSR count). The average Bonchev–Trinajstić information content (AvgIpc) is 2.75. The Hall–Kier alpha value is -1.30. The van der Waals surface area contributed by atoms with Crippen LogP contribution in [0.4, 0.5) is 4.79 Å². The van der Waals surface area contributed by atoms with Gasteiger partial charge in [-0.15, -0.1) is 0 Å². The molecular formula is C10H18N2O4. The lowest BCUT2D eigenvalue weighted by Gasteiger charge is -2.12. The Labute approximate surface area is 94.0 Å². The van der Waals surface area contributed by atoms with Crippen LogP contribution in [0.1, 0.15) is 25.7 Å². The van der Waals surface area contributed by atoms with Gasteiger partial charge >= 0.3 is 12.0 Å². The summed E-state index contributed by atoms with van der Waals surface area (Å²) in [5.41, 5.74) is 0. The number of aliphatic carboxylic acids is 1. The minimum absolute atomic E-state index is 0.272. The zero-order valence-corrected chi connectivity index (χ0v) is 9.11. The van der Waals surface area contributed by atoms with E-state index in [1.807, 2.05) is 0 Å². The van der Waals surface area contributed by atoms with E-state index in [1.54, 1.807) is 0 Å². The number of urea groups is 1. The number of hydrogen-bond donors (Lipinski definition) is 4. The van der Waals surface area contributed by atoms with E-state index in [0.29, 0.717) is 12.5 Å². The van der Waals surface area contributed by atoms with Gasteiger partial charge in [-0.05, 0) is 18.8 Å². The predicted octanol–water partition coefficient (Wildman–Crippen LogP) is -0.0787. The van der Waals surface area contributed by atoms with Crippen molar-refractivity contribution in [1.82, 2.24) is 10.6 Å². The second kappa shape index (κ2) is 6.32. The average molecular weight is 230 g/mol. The lowest BCUT2D eigenvalue weighted by molar-refractivity contribution is -0.146. The molecule has 0 bridgehead atoms. The standard InChI is InChI=1S/C10H18N2O4/c13-8(9(14)15)6-12-10(16)11-5-7-3-1-2-4-7/h7-8,13H,1-6H2,(H,14,15)(H2,11,12,16)/t8-/m0/s1. The first-order valence-electron chi connectivity index (χ1n) is 5.52. The lowest BCUT2D eigenvalue weighted by Crippen LogP contribution is -2.43. The SMILES string of the molecule is O=C(NCC1CCCC1)NC[C@H](O)C(=O)O. The number of rotatable bonds is 5. The molecule has 0 saturated heterocycles. The molecule has 0 heterocycles. The van der Waals surface area contributed by atoms with Crippen molar-refractivity contribution in [3.63, 3.8) is 0 Å². The predicted molar refractivity (Wildman–Crippen MR) is 57.0 cm³/mol. The van der Waals surface area contributed by atoms with Crippen molar-refractivity contribution in [2.45, 2.75) is 31.8 Å². The van der Waals surface area contributed by atoms with Crippen molar-refractivity contribution in [1.29, 1.82) is 0 Å². The summed E-state index contributed by atoms with van der Waals surface area (Å²) in [4.78, 5) is 21.5. The molecule has 0 unspecified atom stereocenters. The van der Waals surface area contributed by atoms with Gasteiger partial charge in [-0.1, -0.05) is 12.8 Å². The summed E-state index contributed by atoms with van der Waals surface area (Å²) in [6, 6.07) is -0.424. The third-order valence-electron chi connectivity index (χ3n) is 2.77. The van der Waals surface area contributed by atoms with Crippen LogP contribution in [0.5, 0.6) is 0 Å². The highest BCUT2D eigenvalue weighted by atomic mass is 16.4. The largest absolute Gasteiger partial charge is 0.479 e. The summed E-state index contributed by atoms with van der Waals surface area (Å²) in [5, 5.41) is 22.3. The number of carbonyl (C=O) groups is 2. The normalized spacial score (nSPS) is 18.1. The van der Waals surface area contributed by atoms with Crippen LogP contribution >= 0.6 is 0 Å². The van der Waals surface area contributed by atoms with Crippen LogP contribution in [0.25, 0.3) is 0 Å². The summed E-state index contributed by atoms with van der Waals surface area (Å²) in [6.45, 7) is 0.348. The lowest BCUT2D eigenvalue weighted by atomic mass is 10.1. The maximum atomic E-state index is 11.2. The molecule has 92 valence electrons. The highest BCUT2D eigenvalue weighted by Crippen LogP contribution is 2.23. The topological polar surface area (TPSA) is 98.7 Å². The van der Waals surface area contributed by atoms with Crippen LogP contribution < -0.4 is 10.6 Å². The van der Waals surface area contributed by atoms with Crippen molar-refractivity contribution in [3.05, 3.63) is 0 Å². The zero-order valence-electron chi connectivity index (χ0n) is 9.11. The Balaban J connectivity index is 2.08. The van der Waals surface area contributed by atoms with Crippen molar-refractivity contribution >= 4 is 12.0 Å². The van der Waals surface area contributed by atoms with Gasteiger partial charge in [0.25, 0.3) is 0 Å². The highest BCUT2D eigenvalue weighted by molar-refractivity contribution is 5.76. The monoisotopic (exact) mass is 230 g/mol. The van der Waals surface area contributed by atoms with E-state index in [1.165, 1.54) is 12.8 Å². The molecule has 0 aromatic rings. The van der Waals surface area contributed by atoms with Gasteiger partial charge in [-0.25, -0.2) is 9.59 Å². The van der Waals surface area contributed by atoms with Gasteiger partial charge in [0.15, 0.2) is 6.10 Å². The summed E-state index contributed by atoms with van der Waals surface area (Å²) < 4.78 is 0. The first-order chi connectivity index (χ1) is 7.59. The number of carbonyl (C=O) groups excluding carboxylic acids is 1. The number of carboxylic acids is 1. The minimum Gasteiger partial charge on any atom is -0.479 e. The molecule has 6 nitrogen and oxygen atoms in total. The molecule has 0 radical (unpaired) electrons. The second-order valence-electron chi connectivity index (χ2n) is 4.10. The molecule has 1 fully saturated rings. The third-order valence-corrected chi connectivity index (χ3v) is 2.77. The fraction of sp³-hybridized carbons (Fsp3) is 0.800. The Bertz CT molecular complexity index is 251. The highest BCUT2D eigenvalue weighted by Gasteiger charge is 2.17. The van der Waals surface area contributed by atoms with Gasteiger partial charge < -0.3 is 20.8 Å². The van der Waals surface area contributed by atoms with Gasteiger partial charge in [0.05, 0.1) is 6.54 Å². The molecule has 4 N–H and O–H groups in total. The van der Waals surface area contributed by atoms with E-state index in [9.17, 15) is 9.59 Å². The molecule has 16 heavy (non-hydrogen) atoms. The number of nitrogens with one attached hydrogen (secondary N) is 2. The summed E-state index contributed by atoms with van der Waals surface area (Å²) >= 11 is 0. The number of aliphatic hydroxyl groups is 1. The first-order valence-corrected chi connectivity index (χ1v) is 5.52. The van der Waals surface area contributed by atoms with Crippen LogP contribution in [-0.2, 0) is 4.79 Å². The first kappa shape index (κ1) is 12.8. The van der Waals surface area contributed by atoms with Crippen LogP contribution in [0, 0.1) is 5.92 Å². The Morgan fingerprint density at radius 3 is 2.44 bits per heavy atom. The number of amides is 2. The summed E-state index contributed by atoms with van der Waals surface area (Å²) in [5.74, 6) is -0.800. The van der Waals surface area contributed by atoms with Crippen molar-refractivity contribution in [2.24, 2.45) is 5.92 Å². The fourth-order valence-electron chi connectivity index (χ4n) is 1.79. The van der Waals surface area contributed by atoms with Crippen LogP contribution in [0.2, 0.25) is 0 Å². The van der Waals surface area contributed by atoms with E-state index >= 15 is 0 Å². The zero-order chi connectivity index (χ0) is 12.0. The Morgan fingerprint density at radius 1 is 1.25 bits per heavy atom. The number of carboxylic acid groups (broad SMARTS) is 1. The molecule has 1 saturated carbocycles. The fourth-order valence-corrected chi connectivity index (χ4v) is 1.79. The van der Waals surface area contributed by atoms with Crippen molar-refractivity contribution in [3.8, 4) is 0 Å². The van der Waals surface area contributed by atoms with Crippen LogP contribution in [-0.4, -0.2) is 41.4 Å². The molecule has 0 aromatic carbocycles. The molecule has 1 aliphatic carbocycles. The molecule has 0 aliphatic heterocycles. The summed E-state index contributed by atoms with van der Waals surface area (Å²) in [6.07, 6.45) is 3.16. The summed E-state index contributed by atoms with van der Waals surface area (Å²) in [7, 11) is 0. The molecule has 0 spiro atoms. The van der Waals surface area contributed by atoms with Crippen LogP contribution in [0.3, 0.4) is 0 Å². The number of aliphatic hydroxyl groups excluding tert-OH is 1. The number of hydrogen-bond acceptors (Lipinski definition) is 3. The van der Waals surface area contributed by atoms with Crippen molar-refractivity contribution < 1.29 is 19.8 Å². The maximum Gasteiger partial charge on any atom is 0.334 e. The van der Waals surface area contributed by atoms with E-state index in [2.05, 4.69) is 10.6 Å². The van der Waals surface area contributed by atoms with E-state index in [0.717, 1.165) is 12.8 Å². The third kappa shape index (κ3) is 4.48. The van der Waals surface area contributed by atoms with E-state index < -0.39 is 18.1 Å². The molecule has 6 heteroatoms. The second-order valence-corrected chi connectivity index (χ2v) is 4.10. The van der Waals surface area contributed by atoms with Gasteiger partial charge in [0.2, 0.25) is 0 Å². The quantitative estimate of drug-likeness (QED) is 0.531. The van der Waals surface area contributed by atoms with Crippen molar-refractivity contribution in [2.75, 3.05) is 13.1 Å². The molecule has 0 aromatic heterocycles.